The van der Waals surface area contributed by atoms with Crippen LogP contribution in [0.4, 0.5) is 0 Å². The highest BCUT2D eigenvalue weighted by atomic mass is 15.0. The molecule has 0 atom stereocenters. The van der Waals surface area contributed by atoms with E-state index in [1.165, 1.54) is 0 Å². The van der Waals surface area contributed by atoms with Crippen LogP contribution in [0.3, 0.4) is 0 Å². The average molecular weight is 616 g/mol. The van der Waals surface area contributed by atoms with Crippen molar-refractivity contribution in [3.63, 3.8) is 0 Å². The molecule has 7 heteroatoms. The Balaban J connectivity index is 0.000000148. The van der Waals surface area contributed by atoms with E-state index in [0.29, 0.717) is 11.6 Å². The molecule has 0 fully saturated rings. The minimum absolute atomic E-state index is 0.715. The second-order valence-corrected chi connectivity index (χ2v) is 10.9. The average Bonchev–Trinajstić information content (AvgIpc) is 3.09. The molecule has 7 aromatic rings. The molecule has 0 unspecified atom stereocenters. The van der Waals surface area contributed by atoms with Gasteiger partial charge in [-0.3, -0.25) is 0 Å². The van der Waals surface area contributed by atoms with Crippen molar-refractivity contribution in [1.82, 2.24) is 34.9 Å². The number of aryl methyl sites for hydroxylation is 5. The maximum Gasteiger partial charge on any atom is 0.163 e. The highest BCUT2D eigenvalue weighted by Gasteiger charge is 2.08. The molecular formula is C40H37N7. The van der Waals surface area contributed by atoms with Crippen LogP contribution in [0.5, 0.6) is 0 Å². The minimum Gasteiger partial charge on any atom is -0.239 e. The SMILES string of the molecule is Cc1cc(C)nc(C)n1.Cc1nc(-c2ccccc2)cc(-c2ccccc2)n1.Cc1nc(-c2ccccc2)nc(-c2ccccc2)n1. The van der Waals surface area contributed by atoms with E-state index in [4.69, 9.17) is 0 Å². The van der Waals surface area contributed by atoms with Gasteiger partial charge in [0.2, 0.25) is 0 Å². The van der Waals surface area contributed by atoms with Gasteiger partial charge < -0.3 is 0 Å². The van der Waals surface area contributed by atoms with E-state index in [1.54, 1.807) is 0 Å². The fourth-order valence-electron chi connectivity index (χ4n) is 4.90. The molecule has 4 aromatic carbocycles. The van der Waals surface area contributed by atoms with Crippen molar-refractivity contribution in [3.05, 3.63) is 162 Å². The van der Waals surface area contributed by atoms with Gasteiger partial charge in [0.15, 0.2) is 11.6 Å². The maximum atomic E-state index is 4.55. The summed E-state index contributed by atoms with van der Waals surface area (Å²) in [5.74, 6) is 3.80. The van der Waals surface area contributed by atoms with Gasteiger partial charge in [-0.25, -0.2) is 34.9 Å². The molecule has 0 saturated carbocycles. The second-order valence-electron chi connectivity index (χ2n) is 10.9. The van der Waals surface area contributed by atoms with Crippen molar-refractivity contribution < 1.29 is 0 Å². The molecule has 0 amide bonds. The van der Waals surface area contributed by atoms with Crippen molar-refractivity contribution in [2.45, 2.75) is 34.6 Å². The smallest absolute Gasteiger partial charge is 0.163 e. The summed E-state index contributed by atoms with van der Waals surface area (Å²) < 4.78 is 0. The predicted octanol–water partition coefficient (Wildman–Crippen LogP) is 9.03. The topological polar surface area (TPSA) is 90.2 Å². The van der Waals surface area contributed by atoms with Gasteiger partial charge in [-0.15, -0.1) is 0 Å². The van der Waals surface area contributed by atoms with Crippen molar-refractivity contribution >= 4 is 0 Å². The first-order valence-corrected chi connectivity index (χ1v) is 15.4. The number of benzene rings is 4. The third-order valence-corrected chi connectivity index (χ3v) is 6.88. The summed E-state index contributed by atoms with van der Waals surface area (Å²) in [6.07, 6.45) is 0. The zero-order valence-corrected chi connectivity index (χ0v) is 27.3. The Morgan fingerprint density at radius 2 is 0.617 bits per heavy atom. The largest absolute Gasteiger partial charge is 0.239 e. The van der Waals surface area contributed by atoms with E-state index in [1.807, 2.05) is 144 Å². The summed E-state index contributed by atoms with van der Waals surface area (Å²) >= 11 is 0. The summed E-state index contributed by atoms with van der Waals surface area (Å²) in [5.41, 5.74) is 8.25. The Hall–Kier alpha value is -5.95. The Labute approximate surface area is 276 Å². The molecule has 3 heterocycles. The van der Waals surface area contributed by atoms with E-state index in [9.17, 15) is 0 Å². The number of hydrogen-bond acceptors (Lipinski definition) is 7. The zero-order valence-electron chi connectivity index (χ0n) is 27.3. The Morgan fingerprint density at radius 1 is 0.298 bits per heavy atom. The maximum absolute atomic E-state index is 4.55. The molecule has 7 rings (SSSR count). The van der Waals surface area contributed by atoms with Crippen LogP contribution < -0.4 is 0 Å². The number of hydrogen-bond donors (Lipinski definition) is 0. The van der Waals surface area contributed by atoms with E-state index in [2.05, 4.69) is 59.2 Å². The monoisotopic (exact) mass is 615 g/mol. The van der Waals surface area contributed by atoms with Crippen LogP contribution >= 0.6 is 0 Å². The summed E-state index contributed by atoms with van der Waals surface area (Å²) in [5, 5.41) is 0. The fourth-order valence-corrected chi connectivity index (χ4v) is 4.90. The first kappa shape index (κ1) is 32.4. The first-order chi connectivity index (χ1) is 22.8. The molecule has 0 aliphatic heterocycles. The molecule has 0 spiro atoms. The van der Waals surface area contributed by atoms with Gasteiger partial charge in [-0.1, -0.05) is 121 Å². The van der Waals surface area contributed by atoms with E-state index in [-0.39, 0.29) is 0 Å². The Bertz CT molecular complexity index is 1730. The van der Waals surface area contributed by atoms with Gasteiger partial charge in [0.25, 0.3) is 0 Å². The molecule has 7 nitrogen and oxygen atoms in total. The third-order valence-electron chi connectivity index (χ3n) is 6.88. The van der Waals surface area contributed by atoms with Crippen LogP contribution in [0, 0.1) is 34.6 Å². The van der Waals surface area contributed by atoms with Gasteiger partial charge in [0.05, 0.1) is 11.4 Å². The number of nitrogens with zero attached hydrogens (tertiary/aromatic N) is 7. The second kappa shape index (κ2) is 15.9. The van der Waals surface area contributed by atoms with Crippen LogP contribution in [0.25, 0.3) is 45.3 Å². The Morgan fingerprint density at radius 3 is 0.979 bits per heavy atom. The molecule has 0 bridgehead atoms. The molecule has 0 saturated heterocycles. The van der Waals surface area contributed by atoms with Crippen LogP contribution in [0.1, 0.15) is 28.9 Å². The zero-order chi connectivity index (χ0) is 33.0. The molecule has 3 aromatic heterocycles. The van der Waals surface area contributed by atoms with Gasteiger partial charge in [-0.2, -0.15) is 0 Å². The third kappa shape index (κ3) is 9.52. The lowest BCUT2D eigenvalue weighted by molar-refractivity contribution is 0.976. The fraction of sp³-hybridized carbons (Fsp3) is 0.125. The lowest BCUT2D eigenvalue weighted by Gasteiger charge is -2.06. The molecule has 0 aliphatic carbocycles. The lowest BCUT2D eigenvalue weighted by atomic mass is 10.1. The standard InChI is InChI=1S/C17H14N2.C16H13N3.C7H10N2/c1-13-18-16(14-8-4-2-5-9-14)12-17(19-13)15-10-6-3-7-11-15;1-12-17-15(13-8-4-2-5-9-13)19-16(18-12)14-10-6-3-7-11-14;1-5-4-6(2)9-7(3)8-5/h2-12H,1H3;2-11H,1H3;4H,1-3H3. The molecule has 47 heavy (non-hydrogen) atoms. The summed E-state index contributed by atoms with van der Waals surface area (Å²) in [7, 11) is 0. The molecule has 0 radical (unpaired) electrons. The van der Waals surface area contributed by atoms with Crippen LogP contribution in [0.15, 0.2) is 133 Å². The van der Waals surface area contributed by atoms with Gasteiger partial charge >= 0.3 is 0 Å². The van der Waals surface area contributed by atoms with Crippen molar-refractivity contribution in [2.24, 2.45) is 0 Å². The Kier molecular flexibility index (Phi) is 10.9. The van der Waals surface area contributed by atoms with E-state index < -0.39 is 0 Å². The lowest BCUT2D eigenvalue weighted by Crippen LogP contribution is -1.99. The van der Waals surface area contributed by atoms with E-state index >= 15 is 0 Å². The number of aromatic nitrogens is 7. The summed E-state index contributed by atoms with van der Waals surface area (Å²) in [4.78, 5) is 30.7. The molecular weight excluding hydrogens is 578 g/mol. The quantitative estimate of drug-likeness (QED) is 0.195. The van der Waals surface area contributed by atoms with Gasteiger partial charge in [-0.05, 0) is 46.8 Å². The summed E-state index contributed by atoms with van der Waals surface area (Å²) in [6.45, 7) is 9.67. The van der Waals surface area contributed by atoms with E-state index in [0.717, 1.165) is 62.5 Å². The van der Waals surface area contributed by atoms with Crippen LogP contribution in [-0.4, -0.2) is 34.9 Å². The first-order valence-electron chi connectivity index (χ1n) is 15.4. The number of rotatable bonds is 4. The highest BCUT2D eigenvalue weighted by molar-refractivity contribution is 5.67. The van der Waals surface area contributed by atoms with Crippen LogP contribution in [0.2, 0.25) is 0 Å². The van der Waals surface area contributed by atoms with Crippen molar-refractivity contribution in [2.75, 3.05) is 0 Å². The molecule has 0 N–H and O–H groups in total. The summed E-state index contributed by atoms with van der Waals surface area (Å²) in [6, 6.07) is 44.3. The van der Waals surface area contributed by atoms with Gasteiger partial charge in [0, 0.05) is 33.6 Å². The van der Waals surface area contributed by atoms with Crippen molar-refractivity contribution in [3.8, 4) is 45.3 Å². The molecule has 232 valence electrons. The molecule has 0 aliphatic rings. The van der Waals surface area contributed by atoms with Gasteiger partial charge in [0.1, 0.15) is 17.5 Å². The highest BCUT2D eigenvalue weighted by Crippen LogP contribution is 2.23. The predicted molar refractivity (Wildman–Crippen MR) is 189 cm³/mol. The minimum atomic E-state index is 0.715. The van der Waals surface area contributed by atoms with Crippen LogP contribution in [-0.2, 0) is 0 Å². The normalized spacial score (nSPS) is 10.2. The van der Waals surface area contributed by atoms with Crippen molar-refractivity contribution in [1.29, 1.82) is 0 Å².